The maximum atomic E-state index is 3.96. The third-order valence-electron chi connectivity index (χ3n) is 2.50. The molecule has 0 unspecified atom stereocenters. The minimum atomic E-state index is 0.738. The lowest BCUT2D eigenvalue weighted by Gasteiger charge is -2.21. The van der Waals surface area contributed by atoms with Crippen LogP contribution >= 0.6 is 0 Å². The van der Waals surface area contributed by atoms with Crippen LogP contribution in [0.4, 0.5) is 0 Å². The van der Waals surface area contributed by atoms with Crippen LogP contribution in [0, 0.1) is 0 Å². The second-order valence-corrected chi connectivity index (χ2v) is 4.22. The summed E-state index contributed by atoms with van der Waals surface area (Å²) in [6.07, 6.45) is 2.97. The molecule has 0 rings (SSSR count). The van der Waals surface area contributed by atoms with Crippen LogP contribution in [0.5, 0.6) is 0 Å². The normalized spacial score (nSPS) is 10.5. The molecule has 0 aromatic carbocycles. The first-order chi connectivity index (χ1) is 5.49. The van der Waals surface area contributed by atoms with E-state index in [1.807, 2.05) is 6.08 Å². The van der Waals surface area contributed by atoms with Crippen LogP contribution in [0.25, 0.3) is 0 Å². The first-order valence-electron chi connectivity index (χ1n) is 4.79. The van der Waals surface area contributed by atoms with E-state index in [0.717, 1.165) is 24.7 Å². The van der Waals surface area contributed by atoms with Gasteiger partial charge in [-0.25, -0.2) is 0 Å². The molecule has 0 saturated carbocycles. The molecule has 0 atom stereocenters. The average molecular weight is 164 g/mol. The van der Waals surface area contributed by atoms with E-state index in [1.165, 1.54) is 5.57 Å². The molecule has 0 aliphatic rings. The fraction of sp³-hybridized carbons (Fsp3) is 0.636. The molecule has 68 valence electrons. The topological polar surface area (TPSA) is 0 Å². The van der Waals surface area contributed by atoms with Crippen molar-refractivity contribution in [2.75, 3.05) is 0 Å². The maximum absolute atomic E-state index is 3.96. The van der Waals surface area contributed by atoms with Crippen molar-refractivity contribution in [3.8, 4) is 0 Å². The maximum Gasteiger partial charge on any atom is 0.149 e. The van der Waals surface area contributed by atoms with Crippen molar-refractivity contribution < 1.29 is 0 Å². The Bertz CT molecular complexity index is 148. The van der Waals surface area contributed by atoms with E-state index in [0.29, 0.717) is 0 Å². The first kappa shape index (κ1) is 11.5. The monoisotopic (exact) mass is 164 g/mol. The summed E-state index contributed by atoms with van der Waals surface area (Å²) in [4.78, 5) is 0. The summed E-state index contributed by atoms with van der Waals surface area (Å²) in [5.41, 5.74) is 1.17. The Morgan fingerprint density at radius 3 is 1.92 bits per heavy atom. The van der Waals surface area contributed by atoms with Gasteiger partial charge in [-0.05, 0) is 6.32 Å². The van der Waals surface area contributed by atoms with Gasteiger partial charge in [0.15, 0.2) is 0 Å². The van der Waals surface area contributed by atoms with Crippen molar-refractivity contribution in [1.82, 2.24) is 0 Å². The zero-order chi connectivity index (χ0) is 9.72. The van der Waals surface area contributed by atoms with Gasteiger partial charge in [-0.1, -0.05) is 64.1 Å². The number of hydrogen-bond acceptors (Lipinski definition) is 0. The molecule has 0 heterocycles. The third kappa shape index (κ3) is 3.80. The highest BCUT2D eigenvalue weighted by Crippen LogP contribution is 2.26. The molecule has 0 N–H and O–H groups in total. The lowest BCUT2D eigenvalue weighted by atomic mass is 9.33. The summed E-state index contributed by atoms with van der Waals surface area (Å²) in [5.74, 6) is 1.48. The Kier molecular flexibility index (Phi) is 5.04. The van der Waals surface area contributed by atoms with E-state index in [-0.39, 0.29) is 0 Å². The molecule has 0 aliphatic carbocycles. The highest BCUT2D eigenvalue weighted by Gasteiger charge is 2.21. The molecule has 0 bridgehead atoms. The molecule has 0 nitrogen and oxygen atoms in total. The molecule has 0 spiro atoms. The van der Waals surface area contributed by atoms with Gasteiger partial charge in [0.25, 0.3) is 0 Å². The van der Waals surface area contributed by atoms with Crippen LogP contribution in [0.3, 0.4) is 0 Å². The van der Waals surface area contributed by atoms with Crippen molar-refractivity contribution >= 4 is 6.71 Å². The number of allylic oxidation sites excluding steroid dienone is 2. The van der Waals surface area contributed by atoms with E-state index in [1.54, 1.807) is 0 Å². The number of rotatable bonds is 5. The zero-order valence-electron chi connectivity index (χ0n) is 8.93. The molecule has 0 radical (unpaired) electrons. The Morgan fingerprint density at radius 2 is 1.67 bits per heavy atom. The van der Waals surface area contributed by atoms with Gasteiger partial charge in [0.2, 0.25) is 0 Å². The average Bonchev–Trinajstić information content (AvgIpc) is 1.98. The minimum Gasteiger partial charge on any atom is -0.0988 e. The SMILES string of the molecule is C=CC(=C)CB(C(C)C)C(C)C. The smallest absolute Gasteiger partial charge is 0.0988 e. The first-order valence-corrected chi connectivity index (χ1v) is 4.79. The molecule has 0 amide bonds. The van der Waals surface area contributed by atoms with Crippen LogP contribution in [-0.2, 0) is 0 Å². The van der Waals surface area contributed by atoms with Crippen molar-refractivity contribution in [3.05, 3.63) is 24.8 Å². The van der Waals surface area contributed by atoms with E-state index >= 15 is 0 Å². The van der Waals surface area contributed by atoms with Crippen LogP contribution in [-0.4, -0.2) is 6.71 Å². The quantitative estimate of drug-likeness (QED) is 0.424. The largest absolute Gasteiger partial charge is 0.149 e. The van der Waals surface area contributed by atoms with Crippen molar-refractivity contribution in [2.45, 2.75) is 45.6 Å². The van der Waals surface area contributed by atoms with Gasteiger partial charge in [0, 0.05) is 0 Å². The predicted molar refractivity (Wildman–Crippen MR) is 60.1 cm³/mol. The lowest BCUT2D eigenvalue weighted by Crippen LogP contribution is -2.20. The van der Waals surface area contributed by atoms with Gasteiger partial charge in [-0.3, -0.25) is 0 Å². The van der Waals surface area contributed by atoms with Gasteiger partial charge in [0.05, 0.1) is 0 Å². The second kappa shape index (κ2) is 5.24. The highest BCUT2D eigenvalue weighted by molar-refractivity contribution is 6.62. The Morgan fingerprint density at radius 1 is 1.25 bits per heavy atom. The molecule has 0 aromatic rings. The Balaban J connectivity index is 4.13. The fourth-order valence-electron chi connectivity index (χ4n) is 1.63. The van der Waals surface area contributed by atoms with Crippen LogP contribution in [0.2, 0.25) is 18.0 Å². The van der Waals surface area contributed by atoms with E-state index < -0.39 is 0 Å². The summed E-state index contributed by atoms with van der Waals surface area (Å²) in [6.45, 7) is 17.6. The summed E-state index contributed by atoms with van der Waals surface area (Å²) in [5, 5.41) is 0. The van der Waals surface area contributed by atoms with E-state index in [2.05, 4.69) is 40.9 Å². The van der Waals surface area contributed by atoms with Gasteiger partial charge in [-0.2, -0.15) is 0 Å². The predicted octanol–water partition coefficient (Wildman–Crippen LogP) is 4.04. The molecule has 12 heavy (non-hydrogen) atoms. The summed E-state index contributed by atoms with van der Waals surface area (Å²) in [6, 6.07) is 0. The van der Waals surface area contributed by atoms with Crippen LogP contribution in [0.15, 0.2) is 24.8 Å². The Hall–Kier alpha value is -0.455. The lowest BCUT2D eigenvalue weighted by molar-refractivity contribution is 0.929. The molecule has 0 aromatic heterocycles. The zero-order valence-corrected chi connectivity index (χ0v) is 8.93. The van der Waals surface area contributed by atoms with Crippen LogP contribution in [0.1, 0.15) is 27.7 Å². The molecular weight excluding hydrogens is 143 g/mol. The molecule has 0 fully saturated rings. The third-order valence-corrected chi connectivity index (χ3v) is 2.50. The Labute approximate surface area is 77.8 Å². The van der Waals surface area contributed by atoms with Crippen molar-refractivity contribution in [2.24, 2.45) is 0 Å². The van der Waals surface area contributed by atoms with Gasteiger partial charge in [-0.15, -0.1) is 0 Å². The molecule has 1 heteroatoms. The molecular formula is C11H21B. The van der Waals surface area contributed by atoms with E-state index in [9.17, 15) is 0 Å². The summed E-state index contributed by atoms with van der Waals surface area (Å²) in [7, 11) is 0. The molecule has 0 saturated heterocycles. The minimum absolute atomic E-state index is 0.738. The van der Waals surface area contributed by atoms with Crippen LogP contribution < -0.4 is 0 Å². The van der Waals surface area contributed by atoms with Crippen molar-refractivity contribution in [3.63, 3.8) is 0 Å². The number of hydrogen-bond donors (Lipinski definition) is 0. The summed E-state index contributed by atoms with van der Waals surface area (Å²) >= 11 is 0. The molecule has 0 aliphatic heterocycles. The van der Waals surface area contributed by atoms with Gasteiger partial charge in [0.1, 0.15) is 6.71 Å². The van der Waals surface area contributed by atoms with Crippen molar-refractivity contribution in [1.29, 1.82) is 0 Å². The summed E-state index contributed by atoms with van der Waals surface area (Å²) < 4.78 is 0. The van der Waals surface area contributed by atoms with Gasteiger partial charge >= 0.3 is 0 Å². The highest BCUT2D eigenvalue weighted by atomic mass is 14.0. The fourth-order valence-corrected chi connectivity index (χ4v) is 1.63. The van der Waals surface area contributed by atoms with E-state index in [4.69, 9.17) is 0 Å². The van der Waals surface area contributed by atoms with Gasteiger partial charge < -0.3 is 0 Å². The standard InChI is InChI=1S/C11H21B/c1-7-11(6)8-12(9(2)3)10(4)5/h7,9-10H,1,6,8H2,2-5H3. The second-order valence-electron chi connectivity index (χ2n) is 4.22.